The van der Waals surface area contributed by atoms with E-state index in [9.17, 15) is 4.79 Å². The van der Waals surface area contributed by atoms with Gasteiger partial charge < -0.3 is 9.64 Å². The summed E-state index contributed by atoms with van der Waals surface area (Å²) in [6.45, 7) is 2.93. The normalized spacial score (nSPS) is 18.7. The highest BCUT2D eigenvalue weighted by Crippen LogP contribution is 2.23. The predicted molar refractivity (Wildman–Crippen MR) is 68.4 cm³/mol. The Morgan fingerprint density at radius 2 is 2.37 bits per heavy atom. The van der Waals surface area contributed by atoms with E-state index in [0.29, 0.717) is 12.4 Å². The first kappa shape index (κ1) is 13.3. The van der Waals surface area contributed by atoms with Crippen LogP contribution in [0.15, 0.2) is 12.4 Å². The first-order valence-electron chi connectivity index (χ1n) is 6.41. The van der Waals surface area contributed by atoms with E-state index in [2.05, 4.69) is 9.97 Å². The van der Waals surface area contributed by atoms with E-state index in [4.69, 9.17) is 10.00 Å². The number of carbonyl (C=O) groups is 1. The van der Waals surface area contributed by atoms with Crippen LogP contribution in [0, 0.1) is 11.3 Å². The Labute approximate surface area is 112 Å². The van der Waals surface area contributed by atoms with Gasteiger partial charge >= 0.3 is 5.97 Å². The highest BCUT2D eigenvalue weighted by atomic mass is 16.5. The average molecular weight is 260 g/mol. The van der Waals surface area contributed by atoms with Gasteiger partial charge in [0, 0.05) is 6.54 Å². The maximum absolute atomic E-state index is 11.9. The van der Waals surface area contributed by atoms with Crippen molar-refractivity contribution in [1.82, 2.24) is 9.97 Å². The summed E-state index contributed by atoms with van der Waals surface area (Å²) in [5, 5.41) is 8.71. The smallest absolute Gasteiger partial charge is 0.328 e. The minimum atomic E-state index is -0.295. The number of anilines is 1. The molecule has 1 unspecified atom stereocenters. The molecule has 100 valence electrons. The van der Waals surface area contributed by atoms with Crippen LogP contribution in [-0.4, -0.2) is 35.1 Å². The van der Waals surface area contributed by atoms with Crippen LogP contribution in [0.1, 0.15) is 31.9 Å². The Hall–Kier alpha value is -2.16. The Morgan fingerprint density at radius 1 is 1.53 bits per heavy atom. The molecule has 1 atom stereocenters. The number of aromatic nitrogens is 2. The summed E-state index contributed by atoms with van der Waals surface area (Å²) < 4.78 is 5.10. The van der Waals surface area contributed by atoms with Gasteiger partial charge in [0.25, 0.3) is 0 Å². The van der Waals surface area contributed by atoms with E-state index < -0.39 is 0 Å². The lowest BCUT2D eigenvalue weighted by Crippen LogP contribution is -2.46. The first-order valence-corrected chi connectivity index (χ1v) is 6.41. The van der Waals surface area contributed by atoms with Crippen LogP contribution in [0.3, 0.4) is 0 Å². The maximum atomic E-state index is 11.9. The van der Waals surface area contributed by atoms with Crippen LogP contribution in [0.25, 0.3) is 0 Å². The number of hydrogen-bond acceptors (Lipinski definition) is 6. The van der Waals surface area contributed by atoms with Crippen molar-refractivity contribution in [3.05, 3.63) is 18.1 Å². The Balaban J connectivity index is 2.18. The van der Waals surface area contributed by atoms with Gasteiger partial charge in [0.1, 0.15) is 17.9 Å². The minimum absolute atomic E-state index is 0.214. The number of piperidine rings is 1. The molecule has 0 aliphatic carbocycles. The molecule has 6 nitrogen and oxygen atoms in total. The molecular weight excluding hydrogens is 244 g/mol. The monoisotopic (exact) mass is 260 g/mol. The van der Waals surface area contributed by atoms with Crippen molar-refractivity contribution in [2.24, 2.45) is 0 Å². The molecule has 1 aliphatic heterocycles. The lowest BCUT2D eigenvalue weighted by atomic mass is 10.0. The third-order valence-corrected chi connectivity index (χ3v) is 3.11. The van der Waals surface area contributed by atoms with Gasteiger partial charge in [0.15, 0.2) is 5.69 Å². The van der Waals surface area contributed by atoms with Crippen molar-refractivity contribution < 1.29 is 9.53 Å². The summed E-state index contributed by atoms with van der Waals surface area (Å²) in [5.74, 6) is 0.408. The van der Waals surface area contributed by atoms with Gasteiger partial charge in [-0.05, 0) is 26.2 Å². The summed E-state index contributed by atoms with van der Waals surface area (Å²) in [6.07, 6.45) is 5.74. The first-order chi connectivity index (χ1) is 9.26. The largest absolute Gasteiger partial charge is 0.464 e. The average Bonchev–Trinajstić information content (AvgIpc) is 2.47. The van der Waals surface area contributed by atoms with Gasteiger partial charge in [-0.15, -0.1) is 0 Å². The lowest BCUT2D eigenvalue weighted by Gasteiger charge is -2.34. The molecular formula is C13H16N4O2. The predicted octanol–water partition coefficient (Wildman–Crippen LogP) is 1.27. The van der Waals surface area contributed by atoms with Crippen molar-refractivity contribution in [3.8, 4) is 6.07 Å². The third kappa shape index (κ3) is 2.99. The minimum Gasteiger partial charge on any atom is -0.464 e. The van der Waals surface area contributed by atoms with Crippen LogP contribution in [-0.2, 0) is 9.53 Å². The molecule has 0 amide bonds. The molecule has 1 saturated heterocycles. The molecule has 0 bridgehead atoms. The molecule has 1 aromatic rings. The highest BCUT2D eigenvalue weighted by Gasteiger charge is 2.30. The fourth-order valence-corrected chi connectivity index (χ4v) is 2.22. The lowest BCUT2D eigenvalue weighted by molar-refractivity contribution is -0.145. The Morgan fingerprint density at radius 3 is 3.00 bits per heavy atom. The van der Waals surface area contributed by atoms with Crippen molar-refractivity contribution >= 4 is 11.8 Å². The number of nitrogens with zero attached hydrogens (tertiary/aromatic N) is 4. The molecule has 1 aromatic heterocycles. The molecule has 0 aromatic carbocycles. The zero-order valence-electron chi connectivity index (χ0n) is 10.9. The van der Waals surface area contributed by atoms with Crippen LogP contribution in [0.4, 0.5) is 5.82 Å². The molecule has 2 rings (SSSR count). The van der Waals surface area contributed by atoms with E-state index >= 15 is 0 Å². The number of ether oxygens (including phenoxy) is 1. The molecule has 2 heterocycles. The molecule has 1 fully saturated rings. The quantitative estimate of drug-likeness (QED) is 0.761. The van der Waals surface area contributed by atoms with Crippen LogP contribution in [0.5, 0.6) is 0 Å². The zero-order chi connectivity index (χ0) is 13.7. The van der Waals surface area contributed by atoms with Gasteiger partial charge in [0.05, 0.1) is 19.0 Å². The van der Waals surface area contributed by atoms with Crippen molar-refractivity contribution in [3.63, 3.8) is 0 Å². The highest BCUT2D eigenvalue weighted by molar-refractivity contribution is 5.79. The van der Waals surface area contributed by atoms with Crippen molar-refractivity contribution in [2.45, 2.75) is 32.2 Å². The van der Waals surface area contributed by atoms with E-state index in [0.717, 1.165) is 25.8 Å². The Bertz CT molecular complexity index is 480. The van der Waals surface area contributed by atoms with E-state index in [-0.39, 0.29) is 17.7 Å². The van der Waals surface area contributed by atoms with Gasteiger partial charge in [-0.1, -0.05) is 0 Å². The molecule has 0 radical (unpaired) electrons. The second-order valence-electron chi connectivity index (χ2n) is 4.33. The molecule has 6 heteroatoms. The number of carbonyl (C=O) groups excluding carboxylic acids is 1. The summed E-state index contributed by atoms with van der Waals surface area (Å²) >= 11 is 0. The molecule has 19 heavy (non-hydrogen) atoms. The van der Waals surface area contributed by atoms with Gasteiger partial charge in [0.2, 0.25) is 0 Å². The topological polar surface area (TPSA) is 79.1 Å². The van der Waals surface area contributed by atoms with Crippen LogP contribution in [0.2, 0.25) is 0 Å². The molecule has 0 spiro atoms. The number of rotatable bonds is 3. The summed E-state index contributed by atoms with van der Waals surface area (Å²) in [7, 11) is 0. The van der Waals surface area contributed by atoms with E-state index in [1.807, 2.05) is 11.0 Å². The number of nitriles is 1. The molecule has 0 saturated carbocycles. The fraction of sp³-hybridized carbons (Fsp3) is 0.538. The second kappa shape index (κ2) is 6.14. The van der Waals surface area contributed by atoms with E-state index in [1.54, 1.807) is 6.92 Å². The Kier molecular flexibility index (Phi) is 4.29. The van der Waals surface area contributed by atoms with Crippen LogP contribution < -0.4 is 4.90 Å². The maximum Gasteiger partial charge on any atom is 0.328 e. The van der Waals surface area contributed by atoms with E-state index in [1.165, 1.54) is 12.4 Å². The molecule has 0 N–H and O–H groups in total. The van der Waals surface area contributed by atoms with Crippen molar-refractivity contribution in [1.29, 1.82) is 5.26 Å². The fourth-order valence-electron chi connectivity index (χ4n) is 2.22. The summed E-state index contributed by atoms with van der Waals surface area (Å²) in [4.78, 5) is 22.0. The van der Waals surface area contributed by atoms with Crippen LogP contribution >= 0.6 is 0 Å². The third-order valence-electron chi connectivity index (χ3n) is 3.11. The van der Waals surface area contributed by atoms with Crippen molar-refractivity contribution in [2.75, 3.05) is 18.1 Å². The number of esters is 1. The van der Waals surface area contributed by atoms with Gasteiger partial charge in [-0.25, -0.2) is 14.8 Å². The number of hydrogen-bond donors (Lipinski definition) is 0. The zero-order valence-corrected chi connectivity index (χ0v) is 10.9. The van der Waals surface area contributed by atoms with Gasteiger partial charge in [-0.3, -0.25) is 0 Å². The molecule has 1 aliphatic rings. The SMILES string of the molecule is CCOC(=O)C1CCCCN1c1cnc(C#N)cn1. The van der Waals surface area contributed by atoms with Gasteiger partial charge in [-0.2, -0.15) is 5.26 Å². The summed E-state index contributed by atoms with van der Waals surface area (Å²) in [5.41, 5.74) is 0.272. The summed E-state index contributed by atoms with van der Waals surface area (Å²) in [6, 6.07) is 1.63. The second-order valence-corrected chi connectivity index (χ2v) is 4.33. The standard InChI is InChI=1S/C13H16N4O2/c1-2-19-13(18)11-5-3-4-6-17(11)12-9-15-10(7-14)8-16-12/h8-9,11H,2-6H2,1H3.